The Morgan fingerprint density at radius 1 is 0.944 bits per heavy atom. The second kappa shape index (κ2) is 6.22. The molecular formula is C16H19NO. The van der Waals surface area contributed by atoms with Gasteiger partial charge in [0, 0.05) is 11.6 Å². The maximum absolute atomic E-state index is 9.56. The normalized spacial score (nSPS) is 13.9. The molecular weight excluding hydrogens is 222 g/mol. The Labute approximate surface area is 108 Å². The molecule has 2 heteroatoms. The molecule has 2 nitrogen and oxygen atoms in total. The summed E-state index contributed by atoms with van der Waals surface area (Å²) in [5, 5.41) is 12.9. The Bertz CT molecular complexity index is 455. The zero-order chi connectivity index (χ0) is 12.8. The number of para-hydroxylation sites is 1. The van der Waals surface area contributed by atoms with Crippen molar-refractivity contribution in [2.45, 2.75) is 18.9 Å². The quantitative estimate of drug-likeness (QED) is 0.842. The van der Waals surface area contributed by atoms with Crippen molar-refractivity contribution in [3.05, 3.63) is 66.2 Å². The van der Waals surface area contributed by atoms with Gasteiger partial charge >= 0.3 is 0 Å². The van der Waals surface area contributed by atoms with E-state index in [0.717, 1.165) is 5.69 Å². The predicted octanol–water partition coefficient (Wildman–Crippen LogP) is 3.26. The van der Waals surface area contributed by atoms with Crippen LogP contribution in [0.3, 0.4) is 0 Å². The molecule has 0 bridgehead atoms. The fourth-order valence-corrected chi connectivity index (χ4v) is 2.07. The third-order valence-electron chi connectivity index (χ3n) is 3.25. The van der Waals surface area contributed by atoms with Gasteiger partial charge in [0.1, 0.15) is 0 Å². The van der Waals surface area contributed by atoms with Crippen molar-refractivity contribution in [2.24, 2.45) is 0 Å². The molecule has 0 aliphatic rings. The summed E-state index contributed by atoms with van der Waals surface area (Å²) in [6.07, 6.45) is 0. The summed E-state index contributed by atoms with van der Waals surface area (Å²) in [5.41, 5.74) is 2.28. The minimum Gasteiger partial charge on any atom is -0.394 e. The van der Waals surface area contributed by atoms with E-state index in [0.29, 0.717) is 0 Å². The van der Waals surface area contributed by atoms with Crippen LogP contribution in [0, 0.1) is 0 Å². The number of aliphatic hydroxyl groups is 1. The predicted molar refractivity (Wildman–Crippen MR) is 75.8 cm³/mol. The third-order valence-corrected chi connectivity index (χ3v) is 3.25. The van der Waals surface area contributed by atoms with E-state index in [1.807, 2.05) is 48.5 Å². The molecule has 0 amide bonds. The number of benzene rings is 2. The van der Waals surface area contributed by atoms with E-state index in [4.69, 9.17) is 0 Å². The highest BCUT2D eigenvalue weighted by Crippen LogP contribution is 2.21. The average Bonchev–Trinajstić information content (AvgIpc) is 2.46. The molecule has 0 aliphatic carbocycles. The minimum atomic E-state index is 0.0230. The van der Waals surface area contributed by atoms with Crippen LogP contribution in [-0.4, -0.2) is 17.8 Å². The van der Waals surface area contributed by atoms with E-state index in [1.54, 1.807) is 0 Å². The van der Waals surface area contributed by atoms with Gasteiger partial charge < -0.3 is 10.4 Å². The summed E-state index contributed by atoms with van der Waals surface area (Å²) in [6, 6.07) is 20.3. The highest BCUT2D eigenvalue weighted by atomic mass is 16.3. The fourth-order valence-electron chi connectivity index (χ4n) is 2.07. The number of hydrogen-bond donors (Lipinski definition) is 2. The van der Waals surface area contributed by atoms with Crippen LogP contribution < -0.4 is 5.32 Å². The molecule has 0 unspecified atom stereocenters. The van der Waals surface area contributed by atoms with Gasteiger partial charge in [0.15, 0.2) is 0 Å². The van der Waals surface area contributed by atoms with Crippen molar-refractivity contribution < 1.29 is 5.11 Å². The molecule has 0 spiro atoms. The summed E-state index contributed by atoms with van der Waals surface area (Å²) in [7, 11) is 0. The third kappa shape index (κ3) is 3.11. The van der Waals surface area contributed by atoms with Crippen LogP contribution in [-0.2, 0) is 0 Å². The first-order valence-corrected chi connectivity index (χ1v) is 6.28. The van der Waals surface area contributed by atoms with Crippen LogP contribution in [0.4, 0.5) is 5.69 Å². The van der Waals surface area contributed by atoms with Crippen molar-refractivity contribution >= 4 is 5.69 Å². The number of aliphatic hydroxyl groups excluding tert-OH is 1. The summed E-state index contributed by atoms with van der Waals surface area (Å²) >= 11 is 0. The van der Waals surface area contributed by atoms with Crippen molar-refractivity contribution in [2.75, 3.05) is 11.9 Å². The smallest absolute Gasteiger partial charge is 0.0638 e. The minimum absolute atomic E-state index is 0.0230. The van der Waals surface area contributed by atoms with Crippen molar-refractivity contribution in [3.63, 3.8) is 0 Å². The molecule has 0 aliphatic heterocycles. The van der Waals surface area contributed by atoms with E-state index in [-0.39, 0.29) is 18.6 Å². The highest BCUT2D eigenvalue weighted by Gasteiger charge is 2.17. The molecule has 2 aromatic rings. The largest absolute Gasteiger partial charge is 0.394 e. The van der Waals surface area contributed by atoms with Gasteiger partial charge in [-0.25, -0.2) is 0 Å². The molecule has 0 aromatic heterocycles. The number of rotatable bonds is 5. The van der Waals surface area contributed by atoms with Gasteiger partial charge in [-0.3, -0.25) is 0 Å². The van der Waals surface area contributed by atoms with Crippen LogP contribution in [0.15, 0.2) is 60.7 Å². The van der Waals surface area contributed by atoms with Crippen molar-refractivity contribution in [1.29, 1.82) is 0 Å². The molecule has 2 atom stereocenters. The lowest BCUT2D eigenvalue weighted by Gasteiger charge is -2.24. The molecule has 0 fully saturated rings. The summed E-state index contributed by atoms with van der Waals surface area (Å²) in [4.78, 5) is 0. The van der Waals surface area contributed by atoms with Crippen LogP contribution in [0.5, 0.6) is 0 Å². The number of anilines is 1. The summed E-state index contributed by atoms with van der Waals surface area (Å²) in [6.45, 7) is 2.25. The first-order chi connectivity index (χ1) is 8.81. The summed E-state index contributed by atoms with van der Waals surface area (Å²) < 4.78 is 0. The maximum atomic E-state index is 9.56. The van der Waals surface area contributed by atoms with E-state index in [9.17, 15) is 5.11 Å². The van der Waals surface area contributed by atoms with E-state index in [1.165, 1.54) is 5.56 Å². The van der Waals surface area contributed by atoms with Crippen LogP contribution >= 0.6 is 0 Å². The van der Waals surface area contributed by atoms with Gasteiger partial charge in [-0.05, 0) is 17.7 Å². The average molecular weight is 241 g/mol. The zero-order valence-electron chi connectivity index (χ0n) is 10.6. The topological polar surface area (TPSA) is 32.3 Å². The molecule has 18 heavy (non-hydrogen) atoms. The van der Waals surface area contributed by atoms with Crippen LogP contribution in [0.2, 0.25) is 0 Å². The molecule has 0 heterocycles. The van der Waals surface area contributed by atoms with Gasteiger partial charge in [0.25, 0.3) is 0 Å². The fraction of sp³-hybridized carbons (Fsp3) is 0.250. The van der Waals surface area contributed by atoms with Crippen LogP contribution in [0.1, 0.15) is 18.4 Å². The van der Waals surface area contributed by atoms with E-state index < -0.39 is 0 Å². The maximum Gasteiger partial charge on any atom is 0.0638 e. The van der Waals surface area contributed by atoms with E-state index >= 15 is 0 Å². The Morgan fingerprint density at radius 2 is 1.50 bits per heavy atom. The Morgan fingerprint density at radius 3 is 2.06 bits per heavy atom. The van der Waals surface area contributed by atoms with Gasteiger partial charge in [0.2, 0.25) is 0 Å². The second-order valence-electron chi connectivity index (χ2n) is 4.50. The number of hydrogen-bond acceptors (Lipinski definition) is 2. The number of nitrogens with one attached hydrogen (secondary N) is 1. The molecule has 2 aromatic carbocycles. The SMILES string of the molecule is C[C@@H](c1ccccc1)[C@@H](CO)Nc1ccccc1. The second-order valence-corrected chi connectivity index (χ2v) is 4.50. The molecule has 94 valence electrons. The van der Waals surface area contributed by atoms with E-state index in [2.05, 4.69) is 24.4 Å². The molecule has 2 rings (SSSR count). The molecule has 0 saturated heterocycles. The zero-order valence-corrected chi connectivity index (χ0v) is 10.6. The van der Waals surface area contributed by atoms with Crippen molar-refractivity contribution in [1.82, 2.24) is 0 Å². The van der Waals surface area contributed by atoms with Gasteiger partial charge in [-0.15, -0.1) is 0 Å². The molecule has 2 N–H and O–H groups in total. The lowest BCUT2D eigenvalue weighted by atomic mass is 9.93. The Balaban J connectivity index is 2.09. The standard InChI is InChI=1S/C16H19NO/c1-13(14-8-4-2-5-9-14)16(12-18)17-15-10-6-3-7-11-15/h2-11,13,16-18H,12H2,1H3/t13-,16+/m0/s1. The van der Waals surface area contributed by atoms with Gasteiger partial charge in [0.05, 0.1) is 12.6 Å². The lowest BCUT2D eigenvalue weighted by Crippen LogP contribution is -2.29. The van der Waals surface area contributed by atoms with Gasteiger partial charge in [-0.1, -0.05) is 55.5 Å². The first kappa shape index (κ1) is 12.7. The highest BCUT2D eigenvalue weighted by molar-refractivity contribution is 5.44. The first-order valence-electron chi connectivity index (χ1n) is 6.28. The molecule has 0 saturated carbocycles. The summed E-state index contributed by atoms with van der Waals surface area (Å²) in [5.74, 6) is 0.261. The molecule has 0 radical (unpaired) electrons. The Hall–Kier alpha value is -1.80. The monoisotopic (exact) mass is 241 g/mol. The Kier molecular flexibility index (Phi) is 4.37. The van der Waals surface area contributed by atoms with Gasteiger partial charge in [-0.2, -0.15) is 0 Å². The lowest BCUT2D eigenvalue weighted by molar-refractivity contribution is 0.262. The van der Waals surface area contributed by atoms with Crippen LogP contribution in [0.25, 0.3) is 0 Å². The van der Waals surface area contributed by atoms with Crippen molar-refractivity contribution in [3.8, 4) is 0 Å².